The van der Waals surface area contributed by atoms with Gasteiger partial charge in [-0.15, -0.1) is 0 Å². The average Bonchev–Trinajstić information content (AvgIpc) is 1.99. The molecule has 5 heteroatoms. The van der Waals surface area contributed by atoms with Crippen LogP contribution < -0.4 is 11.1 Å². The number of aliphatic hydroxyl groups is 1. The zero-order valence-electron chi connectivity index (χ0n) is 6.70. The summed E-state index contributed by atoms with van der Waals surface area (Å²) in [6.45, 7) is 1.77. The minimum Gasteiger partial charge on any atom is -0.453 e. The van der Waals surface area contributed by atoms with Gasteiger partial charge in [-0.25, -0.2) is 4.79 Å². The van der Waals surface area contributed by atoms with Crippen molar-refractivity contribution in [3.63, 3.8) is 0 Å². The molecule has 11 heavy (non-hydrogen) atoms. The highest BCUT2D eigenvalue weighted by Gasteiger charge is 2.09. The molecule has 0 rings (SSSR count). The van der Waals surface area contributed by atoms with E-state index in [0.717, 1.165) is 0 Å². The van der Waals surface area contributed by atoms with Crippen LogP contribution in [0.4, 0.5) is 4.79 Å². The lowest BCUT2D eigenvalue weighted by Gasteiger charge is -2.14. The molecule has 0 heterocycles. The monoisotopic (exact) mass is 162 g/mol. The SMILES string of the molecule is COC(=O)NCC(N)C(C)O. The third kappa shape index (κ3) is 4.58. The Morgan fingerprint density at radius 3 is 2.73 bits per heavy atom. The van der Waals surface area contributed by atoms with Gasteiger partial charge >= 0.3 is 6.09 Å². The smallest absolute Gasteiger partial charge is 0.406 e. The summed E-state index contributed by atoms with van der Waals surface area (Å²) >= 11 is 0. The van der Waals surface area contributed by atoms with Crippen LogP contribution in [0.3, 0.4) is 0 Å². The molecule has 0 spiro atoms. The van der Waals surface area contributed by atoms with Crippen LogP contribution in [0.5, 0.6) is 0 Å². The van der Waals surface area contributed by atoms with Crippen LogP contribution >= 0.6 is 0 Å². The van der Waals surface area contributed by atoms with Gasteiger partial charge < -0.3 is 20.9 Å². The Kier molecular flexibility index (Phi) is 4.56. The van der Waals surface area contributed by atoms with E-state index in [4.69, 9.17) is 10.8 Å². The lowest BCUT2D eigenvalue weighted by molar-refractivity contribution is 0.150. The van der Waals surface area contributed by atoms with Gasteiger partial charge in [-0.3, -0.25) is 0 Å². The van der Waals surface area contributed by atoms with Crippen molar-refractivity contribution < 1.29 is 14.6 Å². The van der Waals surface area contributed by atoms with E-state index in [0.29, 0.717) is 0 Å². The summed E-state index contributed by atoms with van der Waals surface area (Å²) in [6, 6.07) is -0.450. The third-order valence-corrected chi connectivity index (χ3v) is 1.29. The molecule has 0 aromatic rings. The maximum atomic E-state index is 10.5. The van der Waals surface area contributed by atoms with Gasteiger partial charge in [-0.1, -0.05) is 0 Å². The molecule has 0 aliphatic rings. The van der Waals surface area contributed by atoms with Crippen LogP contribution in [-0.4, -0.2) is 37.0 Å². The van der Waals surface area contributed by atoms with Gasteiger partial charge in [-0.2, -0.15) is 0 Å². The molecule has 0 aliphatic heterocycles. The molecule has 2 atom stereocenters. The fraction of sp³-hybridized carbons (Fsp3) is 0.833. The summed E-state index contributed by atoms with van der Waals surface area (Å²) in [6.07, 6.45) is -1.17. The number of alkyl carbamates (subject to hydrolysis) is 1. The van der Waals surface area contributed by atoms with Crippen LogP contribution in [0.25, 0.3) is 0 Å². The molecule has 0 aromatic heterocycles. The second-order valence-electron chi connectivity index (χ2n) is 2.28. The van der Waals surface area contributed by atoms with Crippen molar-refractivity contribution in [1.82, 2.24) is 5.32 Å². The molecule has 0 aromatic carbocycles. The Labute approximate surface area is 65.5 Å². The van der Waals surface area contributed by atoms with E-state index in [9.17, 15) is 4.79 Å². The van der Waals surface area contributed by atoms with Crippen molar-refractivity contribution in [3.05, 3.63) is 0 Å². The number of hydrogen-bond acceptors (Lipinski definition) is 4. The fourth-order valence-electron chi connectivity index (χ4n) is 0.444. The predicted molar refractivity (Wildman–Crippen MR) is 40.1 cm³/mol. The van der Waals surface area contributed by atoms with Gasteiger partial charge in [0.05, 0.1) is 13.2 Å². The zero-order valence-corrected chi connectivity index (χ0v) is 6.70. The summed E-state index contributed by atoms with van der Waals surface area (Å²) < 4.78 is 4.29. The summed E-state index contributed by atoms with van der Waals surface area (Å²) in [7, 11) is 1.27. The maximum Gasteiger partial charge on any atom is 0.406 e. The van der Waals surface area contributed by atoms with Gasteiger partial charge in [0.2, 0.25) is 0 Å². The second-order valence-corrected chi connectivity index (χ2v) is 2.28. The van der Waals surface area contributed by atoms with E-state index in [1.54, 1.807) is 6.92 Å². The highest BCUT2D eigenvalue weighted by molar-refractivity contribution is 5.66. The van der Waals surface area contributed by atoms with E-state index >= 15 is 0 Å². The average molecular weight is 162 g/mol. The molecule has 0 saturated carbocycles. The highest BCUT2D eigenvalue weighted by atomic mass is 16.5. The van der Waals surface area contributed by atoms with E-state index in [2.05, 4.69) is 10.1 Å². The Morgan fingerprint density at radius 1 is 1.82 bits per heavy atom. The first-order valence-electron chi connectivity index (χ1n) is 3.33. The van der Waals surface area contributed by atoms with Crippen molar-refractivity contribution in [2.75, 3.05) is 13.7 Å². The Morgan fingerprint density at radius 2 is 2.36 bits per heavy atom. The van der Waals surface area contributed by atoms with Crippen LogP contribution in [0, 0.1) is 0 Å². The topological polar surface area (TPSA) is 84.6 Å². The standard InChI is InChI=1S/C6H14N2O3/c1-4(9)5(7)3-8-6(10)11-2/h4-5,9H,3,7H2,1-2H3,(H,8,10). The molecule has 4 N–H and O–H groups in total. The number of carbonyl (C=O) groups excluding carboxylic acids is 1. The summed E-state index contributed by atoms with van der Waals surface area (Å²) in [4.78, 5) is 10.5. The van der Waals surface area contributed by atoms with Gasteiger partial charge in [0.25, 0.3) is 0 Å². The van der Waals surface area contributed by atoms with Crippen LogP contribution in [-0.2, 0) is 4.74 Å². The molecule has 2 unspecified atom stereocenters. The number of rotatable bonds is 3. The van der Waals surface area contributed by atoms with Gasteiger partial charge in [0.1, 0.15) is 0 Å². The first kappa shape index (κ1) is 10.2. The number of aliphatic hydroxyl groups excluding tert-OH is 1. The third-order valence-electron chi connectivity index (χ3n) is 1.29. The number of carbonyl (C=O) groups is 1. The van der Waals surface area contributed by atoms with Crippen molar-refractivity contribution in [2.45, 2.75) is 19.1 Å². The Hall–Kier alpha value is -0.810. The molecule has 0 radical (unpaired) electrons. The quantitative estimate of drug-likeness (QED) is 0.499. The Bertz CT molecular complexity index is 127. The molecule has 66 valence electrons. The first-order valence-corrected chi connectivity index (χ1v) is 3.33. The number of nitrogens with one attached hydrogen (secondary N) is 1. The summed E-state index contributed by atoms with van der Waals surface area (Å²) in [5, 5.41) is 11.3. The number of amides is 1. The number of ether oxygens (including phenoxy) is 1. The fourth-order valence-corrected chi connectivity index (χ4v) is 0.444. The van der Waals surface area contributed by atoms with Crippen molar-refractivity contribution in [3.8, 4) is 0 Å². The Balaban J connectivity index is 3.45. The normalized spacial score (nSPS) is 15.3. The summed E-state index contributed by atoms with van der Waals surface area (Å²) in [5.74, 6) is 0. The van der Waals surface area contributed by atoms with E-state index in [1.807, 2.05) is 0 Å². The molecule has 0 saturated heterocycles. The van der Waals surface area contributed by atoms with Gasteiger partial charge in [0.15, 0.2) is 0 Å². The molecule has 0 bridgehead atoms. The molecular weight excluding hydrogens is 148 g/mol. The molecular formula is C6H14N2O3. The highest BCUT2D eigenvalue weighted by Crippen LogP contribution is 1.85. The first-order chi connectivity index (χ1) is 5.07. The number of nitrogens with two attached hydrogens (primary N) is 1. The maximum absolute atomic E-state index is 10.5. The van der Waals surface area contributed by atoms with Crippen molar-refractivity contribution in [1.29, 1.82) is 0 Å². The lowest BCUT2D eigenvalue weighted by Crippen LogP contribution is -2.43. The minimum atomic E-state index is -0.632. The van der Waals surface area contributed by atoms with Crippen LogP contribution in [0.1, 0.15) is 6.92 Å². The van der Waals surface area contributed by atoms with E-state index in [1.165, 1.54) is 7.11 Å². The van der Waals surface area contributed by atoms with Crippen LogP contribution in [0.2, 0.25) is 0 Å². The minimum absolute atomic E-state index is 0.213. The predicted octanol–water partition coefficient (Wildman–Crippen LogP) is -0.949. The van der Waals surface area contributed by atoms with E-state index < -0.39 is 18.2 Å². The lowest BCUT2D eigenvalue weighted by atomic mass is 10.2. The number of hydrogen-bond donors (Lipinski definition) is 3. The molecule has 0 aliphatic carbocycles. The van der Waals surface area contributed by atoms with Crippen molar-refractivity contribution >= 4 is 6.09 Å². The van der Waals surface area contributed by atoms with Crippen LogP contribution in [0.15, 0.2) is 0 Å². The number of methoxy groups -OCH3 is 1. The van der Waals surface area contributed by atoms with E-state index in [-0.39, 0.29) is 6.54 Å². The molecule has 0 fully saturated rings. The zero-order chi connectivity index (χ0) is 8.85. The molecule has 1 amide bonds. The summed E-state index contributed by atoms with van der Waals surface area (Å²) in [5.41, 5.74) is 5.40. The van der Waals surface area contributed by atoms with Gasteiger partial charge in [-0.05, 0) is 6.92 Å². The molecule has 5 nitrogen and oxygen atoms in total. The second kappa shape index (κ2) is 4.92. The largest absolute Gasteiger partial charge is 0.453 e. The van der Waals surface area contributed by atoms with Crippen molar-refractivity contribution in [2.24, 2.45) is 5.73 Å². The van der Waals surface area contributed by atoms with Gasteiger partial charge in [0, 0.05) is 12.6 Å².